The van der Waals surface area contributed by atoms with Gasteiger partial charge in [0.15, 0.2) is 0 Å². The van der Waals surface area contributed by atoms with Crippen LogP contribution in [0.1, 0.15) is 38.4 Å². The van der Waals surface area contributed by atoms with Crippen molar-refractivity contribution < 1.29 is 4.74 Å². The molecule has 0 fully saturated rings. The molecular formula is C17H25NOS. The monoisotopic (exact) mass is 291 g/mol. The van der Waals surface area contributed by atoms with Gasteiger partial charge in [0.2, 0.25) is 0 Å². The fourth-order valence-electron chi connectivity index (χ4n) is 2.49. The first kappa shape index (κ1) is 15.6. The van der Waals surface area contributed by atoms with E-state index in [9.17, 15) is 0 Å². The number of ether oxygens (including phenoxy) is 1. The van der Waals surface area contributed by atoms with Crippen molar-refractivity contribution in [1.82, 2.24) is 5.32 Å². The molecule has 1 aromatic carbocycles. The molecular weight excluding hydrogens is 266 g/mol. The van der Waals surface area contributed by atoms with Crippen LogP contribution in [0.4, 0.5) is 0 Å². The highest BCUT2D eigenvalue weighted by Crippen LogP contribution is 2.46. The minimum absolute atomic E-state index is 0.103. The van der Waals surface area contributed by atoms with Crippen LogP contribution < -0.4 is 5.32 Å². The van der Waals surface area contributed by atoms with Crippen molar-refractivity contribution in [3.8, 4) is 0 Å². The number of rotatable bonds is 7. The van der Waals surface area contributed by atoms with Crippen molar-refractivity contribution in [2.24, 2.45) is 5.92 Å². The van der Waals surface area contributed by atoms with Gasteiger partial charge in [-0.2, -0.15) is 0 Å². The average Bonchev–Trinajstić information content (AvgIpc) is 2.94. The lowest BCUT2D eigenvalue weighted by Crippen LogP contribution is -2.34. The van der Waals surface area contributed by atoms with Crippen molar-refractivity contribution in [3.63, 3.8) is 0 Å². The Morgan fingerprint density at radius 3 is 2.60 bits per heavy atom. The Balaban J connectivity index is 2.15. The van der Waals surface area contributed by atoms with Gasteiger partial charge in [0.1, 0.15) is 4.93 Å². The summed E-state index contributed by atoms with van der Waals surface area (Å²) in [5.74, 6) is 0.489. The first-order valence-corrected chi connectivity index (χ1v) is 8.26. The second kappa shape index (κ2) is 7.30. The van der Waals surface area contributed by atoms with Crippen LogP contribution in [0.2, 0.25) is 0 Å². The van der Waals surface area contributed by atoms with Crippen LogP contribution in [0.3, 0.4) is 0 Å². The molecule has 0 aromatic heterocycles. The van der Waals surface area contributed by atoms with Crippen LogP contribution >= 0.6 is 11.8 Å². The van der Waals surface area contributed by atoms with Crippen molar-refractivity contribution in [3.05, 3.63) is 47.4 Å². The third kappa shape index (κ3) is 3.66. The molecule has 2 rings (SSSR count). The highest BCUT2D eigenvalue weighted by atomic mass is 32.2. The van der Waals surface area contributed by atoms with E-state index in [4.69, 9.17) is 4.74 Å². The smallest absolute Gasteiger partial charge is 0.124 e. The van der Waals surface area contributed by atoms with Crippen LogP contribution in [-0.2, 0) is 4.74 Å². The van der Waals surface area contributed by atoms with Gasteiger partial charge in [-0.1, -0.05) is 62.0 Å². The topological polar surface area (TPSA) is 21.3 Å². The summed E-state index contributed by atoms with van der Waals surface area (Å²) in [5.41, 5.74) is 1.27. The number of hydrogen-bond acceptors (Lipinski definition) is 3. The van der Waals surface area contributed by atoms with E-state index >= 15 is 0 Å². The van der Waals surface area contributed by atoms with Gasteiger partial charge in [0, 0.05) is 6.42 Å². The molecule has 3 heteroatoms. The molecule has 110 valence electrons. The van der Waals surface area contributed by atoms with E-state index in [1.165, 1.54) is 5.56 Å². The molecule has 2 atom stereocenters. The molecule has 2 nitrogen and oxygen atoms in total. The SMILES string of the molecule is CNCCC(OC1(C(C)C)CC=CS1)c1ccccc1. The van der Waals surface area contributed by atoms with Gasteiger partial charge in [-0.25, -0.2) is 0 Å². The maximum absolute atomic E-state index is 6.61. The molecule has 0 aliphatic carbocycles. The summed E-state index contributed by atoms with van der Waals surface area (Å²) in [7, 11) is 1.99. The summed E-state index contributed by atoms with van der Waals surface area (Å²) in [6.07, 6.45) is 4.37. The first-order chi connectivity index (χ1) is 9.68. The third-order valence-corrected chi connectivity index (χ3v) is 5.28. The highest BCUT2D eigenvalue weighted by molar-refractivity contribution is 8.03. The van der Waals surface area contributed by atoms with Crippen molar-refractivity contribution in [2.75, 3.05) is 13.6 Å². The lowest BCUT2D eigenvalue weighted by molar-refractivity contribution is -0.0614. The van der Waals surface area contributed by atoms with E-state index in [-0.39, 0.29) is 11.0 Å². The molecule has 20 heavy (non-hydrogen) atoms. The Morgan fingerprint density at radius 2 is 2.05 bits per heavy atom. The van der Waals surface area contributed by atoms with Gasteiger partial charge in [-0.3, -0.25) is 0 Å². The van der Waals surface area contributed by atoms with Crippen LogP contribution in [0.25, 0.3) is 0 Å². The number of benzene rings is 1. The lowest BCUT2D eigenvalue weighted by atomic mass is 10.0. The van der Waals surface area contributed by atoms with Gasteiger partial charge < -0.3 is 10.1 Å². The van der Waals surface area contributed by atoms with Crippen LogP contribution in [0.5, 0.6) is 0 Å². The molecule has 1 N–H and O–H groups in total. The van der Waals surface area contributed by atoms with Gasteiger partial charge in [-0.15, -0.1) is 0 Å². The van der Waals surface area contributed by atoms with E-state index in [1.54, 1.807) is 0 Å². The fourth-order valence-corrected chi connectivity index (χ4v) is 3.54. The Morgan fingerprint density at radius 1 is 1.30 bits per heavy atom. The molecule has 1 heterocycles. The Hall–Kier alpha value is -0.770. The van der Waals surface area contributed by atoms with Gasteiger partial charge >= 0.3 is 0 Å². The predicted octanol–water partition coefficient (Wildman–Crippen LogP) is 4.36. The predicted molar refractivity (Wildman–Crippen MR) is 87.7 cm³/mol. The summed E-state index contributed by atoms with van der Waals surface area (Å²) >= 11 is 1.83. The molecule has 1 aliphatic rings. The van der Waals surface area contributed by atoms with Crippen molar-refractivity contribution in [1.29, 1.82) is 0 Å². The number of thioether (sulfide) groups is 1. The lowest BCUT2D eigenvalue weighted by Gasteiger charge is -2.36. The molecule has 0 amide bonds. The second-order valence-electron chi connectivity index (χ2n) is 5.57. The first-order valence-electron chi connectivity index (χ1n) is 7.38. The van der Waals surface area contributed by atoms with E-state index in [1.807, 2.05) is 18.8 Å². The van der Waals surface area contributed by atoms with E-state index in [0.29, 0.717) is 5.92 Å². The summed E-state index contributed by atoms with van der Waals surface area (Å²) in [6, 6.07) is 10.6. The molecule has 0 spiro atoms. The molecule has 1 aliphatic heterocycles. The minimum atomic E-state index is -0.103. The molecule has 0 bridgehead atoms. The van der Waals surface area contributed by atoms with E-state index < -0.39 is 0 Å². The highest BCUT2D eigenvalue weighted by Gasteiger charge is 2.39. The quantitative estimate of drug-likeness (QED) is 0.806. The van der Waals surface area contributed by atoms with Crippen LogP contribution in [0, 0.1) is 5.92 Å². The summed E-state index contributed by atoms with van der Waals surface area (Å²) in [5, 5.41) is 5.41. The van der Waals surface area contributed by atoms with Crippen LogP contribution in [0.15, 0.2) is 41.8 Å². The maximum Gasteiger partial charge on any atom is 0.124 e. The van der Waals surface area contributed by atoms with Crippen molar-refractivity contribution >= 4 is 11.8 Å². The summed E-state index contributed by atoms with van der Waals surface area (Å²) in [6.45, 7) is 5.46. The van der Waals surface area contributed by atoms with Crippen molar-refractivity contribution in [2.45, 2.75) is 37.7 Å². The average molecular weight is 291 g/mol. The van der Waals surface area contributed by atoms with Gasteiger partial charge in [0.05, 0.1) is 6.10 Å². The van der Waals surface area contributed by atoms with Crippen LogP contribution in [-0.4, -0.2) is 18.5 Å². The molecule has 2 unspecified atom stereocenters. The van der Waals surface area contributed by atoms with E-state index in [2.05, 4.69) is 61.0 Å². The zero-order valence-electron chi connectivity index (χ0n) is 12.6. The third-order valence-electron chi connectivity index (χ3n) is 3.82. The second-order valence-corrected chi connectivity index (χ2v) is 6.77. The standard InChI is InChI=1S/C17H25NOS/c1-14(2)17(11-7-13-20-17)19-16(10-12-18-3)15-8-5-4-6-9-15/h4-9,13-14,16,18H,10-12H2,1-3H3. The Bertz CT molecular complexity index is 422. The van der Waals surface area contributed by atoms with Gasteiger partial charge in [0.25, 0.3) is 0 Å². The molecule has 0 radical (unpaired) electrons. The Labute approximate surface area is 127 Å². The number of hydrogen-bond donors (Lipinski definition) is 1. The summed E-state index contributed by atoms with van der Waals surface area (Å²) in [4.78, 5) is -0.103. The largest absolute Gasteiger partial charge is 0.355 e. The number of nitrogens with one attached hydrogen (secondary N) is 1. The van der Waals surface area contributed by atoms with E-state index in [0.717, 1.165) is 19.4 Å². The Kier molecular flexibility index (Phi) is 5.70. The fraction of sp³-hybridized carbons (Fsp3) is 0.529. The minimum Gasteiger partial charge on any atom is -0.355 e. The molecule has 0 saturated heterocycles. The molecule has 1 aromatic rings. The normalized spacial score (nSPS) is 23.4. The molecule has 0 saturated carbocycles. The zero-order valence-corrected chi connectivity index (χ0v) is 13.5. The van der Waals surface area contributed by atoms with Gasteiger partial charge in [-0.05, 0) is 36.9 Å². The summed E-state index contributed by atoms with van der Waals surface area (Å²) < 4.78 is 6.61. The zero-order chi connectivity index (χ0) is 14.4. The maximum atomic E-state index is 6.61.